The van der Waals surface area contributed by atoms with Gasteiger partial charge in [0.2, 0.25) is 11.2 Å². The minimum Gasteiger partial charge on any atom is -0.508 e. The molecular formula is C19H18N2O6. The Hall–Kier alpha value is -3.68. The van der Waals surface area contributed by atoms with Crippen LogP contribution >= 0.6 is 0 Å². The molecule has 140 valence electrons. The first-order valence-corrected chi connectivity index (χ1v) is 7.95. The number of fused-ring (bicyclic) bond motifs is 1. The number of aromatic nitrogens is 1. The van der Waals surface area contributed by atoms with Crippen molar-refractivity contribution in [2.45, 2.75) is 0 Å². The monoisotopic (exact) mass is 370 g/mol. The number of hydrogen-bond acceptors (Lipinski definition) is 6. The number of H-pyrrole nitrogens is 1. The summed E-state index contributed by atoms with van der Waals surface area (Å²) < 4.78 is 15.9. The van der Waals surface area contributed by atoms with E-state index in [1.165, 1.54) is 51.8 Å². The third-order valence-corrected chi connectivity index (χ3v) is 4.04. The molecule has 1 amide bonds. The normalized spacial score (nSPS) is 10.5. The van der Waals surface area contributed by atoms with Crippen molar-refractivity contribution in [2.75, 3.05) is 26.6 Å². The lowest BCUT2D eigenvalue weighted by Gasteiger charge is -2.15. The molecule has 3 aromatic rings. The molecule has 2 aromatic carbocycles. The number of benzene rings is 2. The van der Waals surface area contributed by atoms with Crippen LogP contribution in [0.2, 0.25) is 0 Å². The Morgan fingerprint density at radius 2 is 1.70 bits per heavy atom. The van der Waals surface area contributed by atoms with Gasteiger partial charge in [-0.3, -0.25) is 9.59 Å². The number of carbonyl (C=O) groups excluding carboxylic acids is 1. The van der Waals surface area contributed by atoms with Crippen molar-refractivity contribution in [1.29, 1.82) is 0 Å². The van der Waals surface area contributed by atoms with E-state index in [1.807, 2.05) is 0 Å². The minimum absolute atomic E-state index is 0.0716. The van der Waals surface area contributed by atoms with Gasteiger partial charge in [0.25, 0.3) is 5.91 Å². The van der Waals surface area contributed by atoms with E-state index in [2.05, 4.69) is 10.3 Å². The van der Waals surface area contributed by atoms with Crippen LogP contribution in [0.25, 0.3) is 10.9 Å². The standard InChI is InChI=1S/C19H18N2O6/c1-25-14-8-13-15(18(27-3)17(14)26-2)16(23)12(9-20-13)19(24)21-10-4-6-11(22)7-5-10/h4-9,22H,1-3H3,(H,20,23)(H,21,24). The maximum absolute atomic E-state index is 13.0. The van der Waals surface area contributed by atoms with E-state index < -0.39 is 11.3 Å². The van der Waals surface area contributed by atoms with E-state index in [0.29, 0.717) is 17.0 Å². The van der Waals surface area contributed by atoms with Crippen molar-refractivity contribution in [3.63, 3.8) is 0 Å². The molecule has 0 fully saturated rings. The molecule has 0 aliphatic heterocycles. The fourth-order valence-corrected chi connectivity index (χ4v) is 2.76. The Bertz CT molecular complexity index is 1060. The number of phenols is 1. The summed E-state index contributed by atoms with van der Waals surface area (Å²) in [6, 6.07) is 7.51. The summed E-state index contributed by atoms with van der Waals surface area (Å²) in [7, 11) is 4.31. The largest absolute Gasteiger partial charge is 0.508 e. The fraction of sp³-hybridized carbons (Fsp3) is 0.158. The van der Waals surface area contributed by atoms with Crippen molar-refractivity contribution < 1.29 is 24.1 Å². The zero-order chi connectivity index (χ0) is 19.6. The first kappa shape index (κ1) is 18.1. The van der Waals surface area contributed by atoms with E-state index in [9.17, 15) is 14.7 Å². The van der Waals surface area contributed by atoms with E-state index in [-0.39, 0.29) is 28.2 Å². The summed E-state index contributed by atoms with van der Waals surface area (Å²) in [4.78, 5) is 28.4. The predicted octanol–water partition coefficient (Wildman–Crippen LogP) is 2.51. The molecule has 0 atom stereocenters. The van der Waals surface area contributed by atoms with Gasteiger partial charge in [-0.2, -0.15) is 0 Å². The molecule has 8 heteroatoms. The van der Waals surface area contributed by atoms with Gasteiger partial charge in [0.1, 0.15) is 11.3 Å². The summed E-state index contributed by atoms with van der Waals surface area (Å²) in [6.07, 6.45) is 1.33. The number of ether oxygens (including phenoxy) is 3. The van der Waals surface area contributed by atoms with E-state index in [0.717, 1.165) is 0 Å². The van der Waals surface area contributed by atoms with Crippen molar-refractivity contribution in [3.8, 4) is 23.0 Å². The fourth-order valence-electron chi connectivity index (χ4n) is 2.76. The van der Waals surface area contributed by atoms with Gasteiger partial charge in [-0.25, -0.2) is 0 Å². The lowest BCUT2D eigenvalue weighted by atomic mass is 10.1. The highest BCUT2D eigenvalue weighted by molar-refractivity contribution is 6.06. The van der Waals surface area contributed by atoms with Gasteiger partial charge in [-0.1, -0.05) is 0 Å². The van der Waals surface area contributed by atoms with Crippen LogP contribution in [0, 0.1) is 0 Å². The topological polar surface area (TPSA) is 110 Å². The summed E-state index contributed by atoms with van der Waals surface area (Å²) in [6.45, 7) is 0. The number of methoxy groups -OCH3 is 3. The molecule has 0 aliphatic rings. The molecule has 0 saturated heterocycles. The van der Waals surface area contributed by atoms with Crippen LogP contribution < -0.4 is 25.0 Å². The summed E-state index contributed by atoms with van der Waals surface area (Å²) in [5, 5.41) is 12.1. The third-order valence-electron chi connectivity index (χ3n) is 4.04. The molecule has 1 heterocycles. The van der Waals surface area contributed by atoms with Crippen molar-refractivity contribution in [1.82, 2.24) is 4.98 Å². The van der Waals surface area contributed by atoms with E-state index >= 15 is 0 Å². The zero-order valence-electron chi connectivity index (χ0n) is 15.0. The number of pyridine rings is 1. The molecule has 0 spiro atoms. The number of phenolic OH excluding ortho intramolecular Hbond substituents is 1. The minimum atomic E-state index is -0.597. The van der Waals surface area contributed by atoms with Crippen LogP contribution in [0.3, 0.4) is 0 Å². The van der Waals surface area contributed by atoms with Crippen molar-refractivity contribution >= 4 is 22.5 Å². The van der Waals surface area contributed by atoms with Gasteiger partial charge in [-0.05, 0) is 24.3 Å². The van der Waals surface area contributed by atoms with E-state index in [4.69, 9.17) is 14.2 Å². The molecule has 27 heavy (non-hydrogen) atoms. The SMILES string of the molecule is COc1cc2[nH]cc(C(=O)Nc3ccc(O)cc3)c(=O)c2c(OC)c1OC. The Morgan fingerprint density at radius 3 is 2.30 bits per heavy atom. The lowest BCUT2D eigenvalue weighted by molar-refractivity contribution is 0.102. The molecule has 3 N–H and O–H groups in total. The third kappa shape index (κ3) is 3.24. The van der Waals surface area contributed by atoms with Crippen LogP contribution in [-0.2, 0) is 0 Å². The molecule has 0 aliphatic carbocycles. The second kappa shape index (κ2) is 7.28. The molecule has 0 unspecified atom stereocenters. The van der Waals surface area contributed by atoms with E-state index in [1.54, 1.807) is 6.07 Å². The molecule has 0 bridgehead atoms. The second-order valence-corrected chi connectivity index (χ2v) is 5.60. The summed E-state index contributed by atoms with van der Waals surface area (Å²) >= 11 is 0. The van der Waals surface area contributed by atoms with Gasteiger partial charge < -0.3 is 29.6 Å². The van der Waals surface area contributed by atoms with Gasteiger partial charge in [-0.15, -0.1) is 0 Å². The number of carbonyl (C=O) groups is 1. The van der Waals surface area contributed by atoms with Crippen molar-refractivity contribution in [2.24, 2.45) is 0 Å². The van der Waals surface area contributed by atoms with Crippen LogP contribution in [0.5, 0.6) is 23.0 Å². The molecule has 1 aromatic heterocycles. The number of aromatic hydroxyl groups is 1. The first-order valence-electron chi connectivity index (χ1n) is 7.95. The number of nitrogens with one attached hydrogen (secondary N) is 2. The smallest absolute Gasteiger partial charge is 0.261 e. The first-order chi connectivity index (χ1) is 13.0. The summed E-state index contributed by atoms with van der Waals surface area (Å²) in [5.41, 5.74) is 0.270. The molecule has 0 saturated carbocycles. The Labute approximate surface area is 154 Å². The number of aromatic amines is 1. The van der Waals surface area contributed by atoms with Crippen molar-refractivity contribution in [3.05, 3.63) is 52.3 Å². The van der Waals surface area contributed by atoms with Gasteiger partial charge in [0.05, 0.1) is 32.2 Å². The number of anilines is 1. The Kier molecular flexibility index (Phi) is 4.89. The van der Waals surface area contributed by atoms with Crippen LogP contribution in [-0.4, -0.2) is 37.3 Å². The van der Waals surface area contributed by atoms with Crippen LogP contribution in [0.1, 0.15) is 10.4 Å². The average Bonchev–Trinajstić information content (AvgIpc) is 2.68. The molecule has 8 nitrogen and oxygen atoms in total. The highest BCUT2D eigenvalue weighted by Crippen LogP contribution is 2.41. The zero-order valence-corrected chi connectivity index (χ0v) is 15.0. The summed E-state index contributed by atoms with van der Waals surface area (Å²) in [5.74, 6) is 0.295. The highest BCUT2D eigenvalue weighted by atomic mass is 16.5. The number of amides is 1. The molecule has 3 rings (SSSR count). The van der Waals surface area contributed by atoms with Gasteiger partial charge in [0, 0.05) is 18.0 Å². The van der Waals surface area contributed by atoms with Crippen LogP contribution in [0.4, 0.5) is 5.69 Å². The highest BCUT2D eigenvalue weighted by Gasteiger charge is 2.22. The molecular weight excluding hydrogens is 352 g/mol. The number of hydrogen-bond donors (Lipinski definition) is 3. The van der Waals surface area contributed by atoms with Gasteiger partial charge in [0.15, 0.2) is 11.5 Å². The maximum Gasteiger partial charge on any atom is 0.261 e. The average molecular weight is 370 g/mol. The Balaban J connectivity index is 2.12. The maximum atomic E-state index is 13.0. The lowest BCUT2D eigenvalue weighted by Crippen LogP contribution is -2.22. The van der Waals surface area contributed by atoms with Gasteiger partial charge >= 0.3 is 0 Å². The quantitative estimate of drug-likeness (QED) is 0.595. The van der Waals surface area contributed by atoms with Crippen LogP contribution in [0.15, 0.2) is 41.3 Å². The molecule has 0 radical (unpaired) electrons. The second-order valence-electron chi connectivity index (χ2n) is 5.60. The Morgan fingerprint density at radius 1 is 1.04 bits per heavy atom. The number of rotatable bonds is 5. The predicted molar refractivity (Wildman–Crippen MR) is 100 cm³/mol.